The van der Waals surface area contributed by atoms with E-state index >= 15 is 0 Å². The van der Waals surface area contributed by atoms with E-state index in [-0.39, 0.29) is 0 Å². The number of pyridine rings is 1. The zero-order chi connectivity index (χ0) is 17.9. The number of nitrogens with zero attached hydrogens (tertiary/aromatic N) is 4. The lowest BCUT2D eigenvalue weighted by Crippen LogP contribution is -1.93. The summed E-state index contributed by atoms with van der Waals surface area (Å²) in [7, 11) is 0. The number of nitrogens with two attached hydrogens (primary N) is 1. The van der Waals surface area contributed by atoms with E-state index in [1.165, 1.54) is 12.8 Å². The van der Waals surface area contributed by atoms with Crippen LogP contribution in [0.5, 0.6) is 0 Å². The first-order valence-corrected chi connectivity index (χ1v) is 11.0. The molecular weight excluding hydrogens is 382 g/mol. The maximum absolute atomic E-state index is 6.51. The smallest absolute Gasteiger partial charge is 0.159 e. The van der Waals surface area contributed by atoms with Gasteiger partial charge in [-0.2, -0.15) is 0 Å². The van der Waals surface area contributed by atoms with Gasteiger partial charge in [-0.05, 0) is 24.3 Å². The number of aromatic nitrogens is 4. The fraction of sp³-hybridized carbons (Fsp3) is 0.222. The molecular formula is C18H17N5S3. The van der Waals surface area contributed by atoms with E-state index in [1.807, 2.05) is 17.5 Å². The molecule has 0 spiro atoms. The molecule has 4 rings (SSSR count). The van der Waals surface area contributed by atoms with Gasteiger partial charge in [0.1, 0.15) is 15.5 Å². The van der Waals surface area contributed by atoms with Gasteiger partial charge in [-0.15, -0.1) is 34.4 Å². The number of hydrogen-bond donors (Lipinski definition) is 1. The number of thioether (sulfide) groups is 1. The van der Waals surface area contributed by atoms with Crippen LogP contribution in [0.25, 0.3) is 32.3 Å². The standard InChI is InChI=1S/C18H17N5S3/c1-2-3-8-25-18-14(19)13-11(15-20-5-4-6-21-15)10-12(23-17(13)26-18)16-22-7-9-24-16/h4-7,9-10H,2-3,8,19H2,1H3. The van der Waals surface area contributed by atoms with Crippen molar-refractivity contribution in [2.75, 3.05) is 11.5 Å². The number of unbranched alkanes of at least 4 members (excludes halogenated alkanes) is 1. The molecule has 4 aromatic heterocycles. The number of hydrogen-bond acceptors (Lipinski definition) is 8. The summed E-state index contributed by atoms with van der Waals surface area (Å²) in [5.74, 6) is 1.72. The molecule has 0 saturated heterocycles. The molecule has 0 unspecified atom stereocenters. The van der Waals surface area contributed by atoms with Crippen LogP contribution in [0.2, 0.25) is 0 Å². The molecule has 0 fully saturated rings. The number of fused-ring (bicyclic) bond motifs is 1. The summed E-state index contributed by atoms with van der Waals surface area (Å²) in [6.45, 7) is 2.20. The molecule has 0 aliphatic heterocycles. The Morgan fingerprint density at radius 1 is 1.15 bits per heavy atom. The molecule has 8 heteroatoms. The first-order valence-electron chi connectivity index (χ1n) is 8.31. The summed E-state index contributed by atoms with van der Waals surface area (Å²) in [6.07, 6.45) is 7.63. The van der Waals surface area contributed by atoms with Crippen molar-refractivity contribution in [3.8, 4) is 22.1 Å². The average Bonchev–Trinajstić information content (AvgIpc) is 3.31. The minimum absolute atomic E-state index is 0.660. The van der Waals surface area contributed by atoms with E-state index < -0.39 is 0 Å². The predicted octanol–water partition coefficient (Wildman–Crippen LogP) is 5.35. The third-order valence-corrected chi connectivity index (χ3v) is 7.12. The number of anilines is 1. The lowest BCUT2D eigenvalue weighted by Gasteiger charge is -2.05. The maximum atomic E-state index is 6.51. The zero-order valence-electron chi connectivity index (χ0n) is 14.2. The Labute approximate surface area is 163 Å². The Balaban J connectivity index is 1.90. The Hall–Kier alpha value is -2.03. The SMILES string of the molecule is CCCCSc1sc2nc(-c3nccs3)cc(-c3ncccn3)c2c1N. The zero-order valence-corrected chi connectivity index (χ0v) is 16.6. The Kier molecular flexibility index (Phi) is 5.14. The summed E-state index contributed by atoms with van der Waals surface area (Å²) in [5.41, 5.74) is 9.04. The number of thiophene rings is 1. The second kappa shape index (κ2) is 7.69. The molecule has 0 saturated carbocycles. The van der Waals surface area contributed by atoms with E-state index in [0.29, 0.717) is 5.82 Å². The highest BCUT2D eigenvalue weighted by Gasteiger charge is 2.19. The lowest BCUT2D eigenvalue weighted by molar-refractivity contribution is 0.897. The van der Waals surface area contributed by atoms with Crippen molar-refractivity contribution in [3.63, 3.8) is 0 Å². The van der Waals surface area contributed by atoms with E-state index in [4.69, 9.17) is 10.7 Å². The monoisotopic (exact) mass is 399 g/mol. The van der Waals surface area contributed by atoms with Crippen LogP contribution in [-0.4, -0.2) is 25.7 Å². The van der Waals surface area contributed by atoms with Gasteiger partial charge in [0.25, 0.3) is 0 Å². The number of rotatable bonds is 6. The van der Waals surface area contributed by atoms with Crippen LogP contribution in [0.1, 0.15) is 19.8 Å². The van der Waals surface area contributed by atoms with Crippen molar-refractivity contribution >= 4 is 50.3 Å². The highest BCUT2D eigenvalue weighted by atomic mass is 32.2. The van der Waals surface area contributed by atoms with Crippen molar-refractivity contribution in [1.29, 1.82) is 0 Å². The molecule has 0 atom stereocenters. The second-order valence-corrected chi connectivity index (χ2v) is 8.91. The molecule has 26 heavy (non-hydrogen) atoms. The minimum Gasteiger partial charge on any atom is -0.397 e. The quantitative estimate of drug-likeness (QED) is 0.348. The highest BCUT2D eigenvalue weighted by molar-refractivity contribution is 8.01. The van der Waals surface area contributed by atoms with Gasteiger partial charge in [0.15, 0.2) is 5.82 Å². The Morgan fingerprint density at radius 2 is 2.00 bits per heavy atom. The summed E-state index contributed by atoms with van der Waals surface area (Å²) < 4.78 is 1.12. The molecule has 4 aromatic rings. The largest absolute Gasteiger partial charge is 0.397 e. The summed E-state index contributed by atoms with van der Waals surface area (Å²) in [6, 6.07) is 3.81. The van der Waals surface area contributed by atoms with Crippen molar-refractivity contribution in [3.05, 3.63) is 36.1 Å². The van der Waals surface area contributed by atoms with Crippen molar-refractivity contribution in [1.82, 2.24) is 19.9 Å². The first-order chi connectivity index (χ1) is 12.8. The van der Waals surface area contributed by atoms with Crippen LogP contribution in [0.15, 0.2) is 40.3 Å². The van der Waals surface area contributed by atoms with E-state index in [9.17, 15) is 0 Å². The van der Waals surface area contributed by atoms with Gasteiger partial charge in [0, 0.05) is 34.9 Å². The molecule has 5 nitrogen and oxygen atoms in total. The fourth-order valence-electron chi connectivity index (χ4n) is 2.59. The van der Waals surface area contributed by atoms with Gasteiger partial charge in [0.2, 0.25) is 0 Å². The van der Waals surface area contributed by atoms with Crippen LogP contribution in [0, 0.1) is 0 Å². The molecule has 4 heterocycles. The normalized spacial score (nSPS) is 11.3. The molecule has 0 bridgehead atoms. The van der Waals surface area contributed by atoms with E-state index in [2.05, 4.69) is 21.9 Å². The van der Waals surface area contributed by atoms with E-state index in [1.54, 1.807) is 53.0 Å². The number of nitrogen functional groups attached to an aromatic ring is 1. The highest BCUT2D eigenvalue weighted by Crippen LogP contribution is 2.44. The van der Waals surface area contributed by atoms with Crippen LogP contribution in [-0.2, 0) is 0 Å². The van der Waals surface area contributed by atoms with E-state index in [0.717, 1.165) is 42.1 Å². The maximum Gasteiger partial charge on any atom is 0.159 e. The summed E-state index contributed by atoms with van der Waals surface area (Å²) in [5, 5.41) is 3.78. The number of thiazole rings is 1. The Bertz CT molecular complexity index is 1010. The molecule has 2 N–H and O–H groups in total. The first kappa shape index (κ1) is 17.4. The van der Waals surface area contributed by atoms with Gasteiger partial charge in [-0.3, -0.25) is 0 Å². The van der Waals surface area contributed by atoms with Gasteiger partial charge in [0.05, 0.1) is 9.90 Å². The van der Waals surface area contributed by atoms with Gasteiger partial charge < -0.3 is 5.73 Å². The molecule has 0 amide bonds. The average molecular weight is 400 g/mol. The van der Waals surface area contributed by atoms with Crippen LogP contribution < -0.4 is 5.73 Å². The van der Waals surface area contributed by atoms with Crippen molar-refractivity contribution < 1.29 is 0 Å². The van der Waals surface area contributed by atoms with Gasteiger partial charge in [-0.1, -0.05) is 13.3 Å². The Morgan fingerprint density at radius 3 is 2.73 bits per heavy atom. The molecule has 0 aliphatic carbocycles. The molecule has 0 aromatic carbocycles. The topological polar surface area (TPSA) is 77.6 Å². The molecule has 132 valence electrons. The lowest BCUT2D eigenvalue weighted by atomic mass is 10.1. The third kappa shape index (κ3) is 3.32. The van der Waals surface area contributed by atoms with Gasteiger partial charge >= 0.3 is 0 Å². The molecule has 0 aliphatic rings. The second-order valence-electron chi connectivity index (χ2n) is 5.65. The fourth-order valence-corrected chi connectivity index (χ4v) is 5.64. The summed E-state index contributed by atoms with van der Waals surface area (Å²) >= 11 is 5.02. The third-order valence-electron chi connectivity index (χ3n) is 3.85. The predicted molar refractivity (Wildman–Crippen MR) is 112 cm³/mol. The summed E-state index contributed by atoms with van der Waals surface area (Å²) in [4.78, 5) is 19.0. The minimum atomic E-state index is 0.660. The van der Waals surface area contributed by atoms with Crippen molar-refractivity contribution in [2.45, 2.75) is 24.0 Å². The van der Waals surface area contributed by atoms with Crippen molar-refractivity contribution in [2.24, 2.45) is 0 Å². The van der Waals surface area contributed by atoms with Crippen LogP contribution in [0.4, 0.5) is 5.69 Å². The van der Waals surface area contributed by atoms with Crippen LogP contribution >= 0.6 is 34.4 Å². The van der Waals surface area contributed by atoms with Crippen LogP contribution in [0.3, 0.4) is 0 Å². The molecule has 0 radical (unpaired) electrons. The van der Waals surface area contributed by atoms with Gasteiger partial charge in [-0.25, -0.2) is 19.9 Å².